The van der Waals surface area contributed by atoms with E-state index in [4.69, 9.17) is 9.47 Å². The lowest BCUT2D eigenvalue weighted by Crippen LogP contribution is -2.33. The number of methoxy groups -OCH3 is 1. The van der Waals surface area contributed by atoms with Gasteiger partial charge in [-0.2, -0.15) is 0 Å². The largest absolute Gasteiger partial charge is 0.389 e. The van der Waals surface area contributed by atoms with Crippen LogP contribution in [0.2, 0.25) is 0 Å². The summed E-state index contributed by atoms with van der Waals surface area (Å²) in [6.07, 6.45) is 3.29. The molecule has 0 saturated carbocycles. The number of likely N-dealkylation sites (N-methyl/N-ethyl adjacent to an activating group) is 1. The van der Waals surface area contributed by atoms with Gasteiger partial charge in [-0.25, -0.2) is 0 Å². The van der Waals surface area contributed by atoms with Crippen molar-refractivity contribution in [3.63, 3.8) is 0 Å². The van der Waals surface area contributed by atoms with Gasteiger partial charge in [0, 0.05) is 13.7 Å². The number of unbranched alkanes of at least 4 members (excludes halogenated alkanes) is 2. The van der Waals surface area contributed by atoms with Gasteiger partial charge in [0.15, 0.2) is 0 Å². The fourth-order valence-corrected chi connectivity index (χ4v) is 1.50. The quantitative estimate of drug-likeness (QED) is 0.543. The molecule has 16 heavy (non-hydrogen) atoms. The molecule has 0 fully saturated rings. The normalized spacial score (nSPS) is 13.3. The summed E-state index contributed by atoms with van der Waals surface area (Å²) in [5.41, 5.74) is 0. The highest BCUT2D eigenvalue weighted by Gasteiger charge is 2.07. The summed E-state index contributed by atoms with van der Waals surface area (Å²) in [5.74, 6) is 0. The predicted octanol–water partition coefficient (Wildman–Crippen LogP) is 1.13. The Labute approximate surface area is 99.5 Å². The molecule has 1 atom stereocenters. The maximum atomic E-state index is 9.67. The summed E-state index contributed by atoms with van der Waals surface area (Å²) in [7, 11) is 3.68. The van der Waals surface area contributed by atoms with Crippen molar-refractivity contribution in [3.8, 4) is 0 Å². The first-order chi connectivity index (χ1) is 7.70. The molecule has 4 heteroatoms. The summed E-state index contributed by atoms with van der Waals surface area (Å²) in [6.45, 7) is 5.44. The van der Waals surface area contributed by atoms with E-state index in [0.717, 1.165) is 6.54 Å². The lowest BCUT2D eigenvalue weighted by molar-refractivity contribution is 0.00228. The van der Waals surface area contributed by atoms with Gasteiger partial charge < -0.3 is 19.5 Å². The minimum absolute atomic E-state index is 0.390. The van der Waals surface area contributed by atoms with Crippen LogP contribution in [-0.2, 0) is 9.47 Å². The Hall–Kier alpha value is -0.160. The van der Waals surface area contributed by atoms with Crippen LogP contribution in [0.3, 0.4) is 0 Å². The summed E-state index contributed by atoms with van der Waals surface area (Å²) < 4.78 is 10.1. The molecule has 0 amide bonds. The first-order valence-corrected chi connectivity index (χ1v) is 6.14. The second-order valence-corrected chi connectivity index (χ2v) is 4.19. The van der Waals surface area contributed by atoms with Gasteiger partial charge in [-0.3, -0.25) is 0 Å². The first-order valence-electron chi connectivity index (χ1n) is 6.14. The molecule has 4 nitrogen and oxygen atoms in total. The Morgan fingerprint density at radius 3 is 2.62 bits per heavy atom. The van der Waals surface area contributed by atoms with Crippen LogP contribution in [0.5, 0.6) is 0 Å². The summed E-state index contributed by atoms with van der Waals surface area (Å²) in [6, 6.07) is 0. The molecular formula is C12H27NO3. The molecule has 0 aromatic carbocycles. The standard InChI is InChI=1S/C12H27NO3/c1-4-5-6-7-13(2)10-12(14)11-16-9-8-15-3/h12,14H,4-11H2,1-3H3. The highest BCUT2D eigenvalue weighted by Crippen LogP contribution is 1.98. The highest BCUT2D eigenvalue weighted by molar-refractivity contribution is 4.60. The van der Waals surface area contributed by atoms with Crippen LogP contribution in [-0.4, -0.2) is 63.2 Å². The maximum absolute atomic E-state index is 9.67. The van der Waals surface area contributed by atoms with E-state index in [-0.39, 0.29) is 0 Å². The van der Waals surface area contributed by atoms with Crippen LogP contribution < -0.4 is 0 Å². The summed E-state index contributed by atoms with van der Waals surface area (Å²) >= 11 is 0. The van der Waals surface area contributed by atoms with Crippen molar-refractivity contribution in [2.45, 2.75) is 32.3 Å². The van der Waals surface area contributed by atoms with Crippen molar-refractivity contribution in [1.29, 1.82) is 0 Å². The number of hydrogen-bond acceptors (Lipinski definition) is 4. The molecule has 1 unspecified atom stereocenters. The van der Waals surface area contributed by atoms with E-state index in [1.807, 2.05) is 7.05 Å². The molecule has 0 aromatic rings. The van der Waals surface area contributed by atoms with Gasteiger partial charge in [0.05, 0.1) is 25.9 Å². The Bertz CT molecular complexity index is 144. The lowest BCUT2D eigenvalue weighted by Gasteiger charge is -2.20. The van der Waals surface area contributed by atoms with Crippen molar-refractivity contribution < 1.29 is 14.6 Å². The van der Waals surface area contributed by atoms with Crippen molar-refractivity contribution >= 4 is 0 Å². The van der Waals surface area contributed by atoms with E-state index >= 15 is 0 Å². The topological polar surface area (TPSA) is 41.9 Å². The van der Waals surface area contributed by atoms with Crippen molar-refractivity contribution in [3.05, 3.63) is 0 Å². The molecule has 0 radical (unpaired) electrons. The predicted molar refractivity (Wildman–Crippen MR) is 65.7 cm³/mol. The molecule has 98 valence electrons. The van der Waals surface area contributed by atoms with E-state index in [0.29, 0.717) is 26.4 Å². The third kappa shape index (κ3) is 10.4. The molecule has 1 N–H and O–H groups in total. The van der Waals surface area contributed by atoms with Crippen LogP contribution >= 0.6 is 0 Å². The summed E-state index contributed by atoms with van der Waals surface area (Å²) in [5, 5.41) is 9.67. The molecule has 0 aliphatic heterocycles. The Balaban J connectivity index is 3.35. The lowest BCUT2D eigenvalue weighted by atomic mass is 10.2. The first kappa shape index (κ1) is 15.8. The van der Waals surface area contributed by atoms with Crippen LogP contribution in [0.15, 0.2) is 0 Å². The number of rotatable bonds is 11. The molecular weight excluding hydrogens is 206 g/mol. The van der Waals surface area contributed by atoms with Gasteiger partial charge in [0.1, 0.15) is 0 Å². The number of nitrogens with zero attached hydrogens (tertiary/aromatic N) is 1. The number of aliphatic hydroxyl groups excluding tert-OH is 1. The Morgan fingerprint density at radius 2 is 2.00 bits per heavy atom. The third-order valence-electron chi connectivity index (χ3n) is 2.41. The molecule has 0 bridgehead atoms. The van der Waals surface area contributed by atoms with Gasteiger partial charge in [-0.1, -0.05) is 19.8 Å². The second-order valence-electron chi connectivity index (χ2n) is 4.19. The van der Waals surface area contributed by atoms with E-state index in [2.05, 4.69) is 11.8 Å². The molecule has 0 rings (SSSR count). The molecule has 0 saturated heterocycles. The van der Waals surface area contributed by atoms with Gasteiger partial charge in [0.2, 0.25) is 0 Å². The molecule has 0 heterocycles. The minimum atomic E-state index is -0.400. The fourth-order valence-electron chi connectivity index (χ4n) is 1.50. The monoisotopic (exact) mass is 233 g/mol. The number of aliphatic hydroxyl groups is 1. The molecule has 0 aliphatic carbocycles. The van der Waals surface area contributed by atoms with E-state index < -0.39 is 6.10 Å². The highest BCUT2D eigenvalue weighted by atomic mass is 16.5. The van der Waals surface area contributed by atoms with E-state index in [1.165, 1.54) is 19.3 Å². The SMILES string of the molecule is CCCCCN(C)CC(O)COCCOC. The van der Waals surface area contributed by atoms with Gasteiger partial charge in [0.25, 0.3) is 0 Å². The minimum Gasteiger partial charge on any atom is -0.389 e. The zero-order valence-corrected chi connectivity index (χ0v) is 10.9. The summed E-state index contributed by atoms with van der Waals surface area (Å²) in [4.78, 5) is 2.15. The average Bonchev–Trinajstić information content (AvgIpc) is 2.25. The average molecular weight is 233 g/mol. The van der Waals surface area contributed by atoms with Crippen LogP contribution in [0.4, 0.5) is 0 Å². The van der Waals surface area contributed by atoms with Gasteiger partial charge in [-0.05, 0) is 20.0 Å². The van der Waals surface area contributed by atoms with E-state index in [1.54, 1.807) is 7.11 Å². The third-order valence-corrected chi connectivity index (χ3v) is 2.41. The van der Waals surface area contributed by atoms with E-state index in [9.17, 15) is 5.11 Å². The molecule has 0 spiro atoms. The second kappa shape index (κ2) is 11.3. The maximum Gasteiger partial charge on any atom is 0.0900 e. The molecule has 0 aromatic heterocycles. The molecule has 0 aliphatic rings. The van der Waals surface area contributed by atoms with Crippen molar-refractivity contribution in [1.82, 2.24) is 4.90 Å². The van der Waals surface area contributed by atoms with Crippen LogP contribution in [0.1, 0.15) is 26.2 Å². The van der Waals surface area contributed by atoms with Crippen LogP contribution in [0.25, 0.3) is 0 Å². The van der Waals surface area contributed by atoms with Crippen LogP contribution in [0, 0.1) is 0 Å². The number of ether oxygens (including phenoxy) is 2. The number of hydrogen-bond donors (Lipinski definition) is 1. The smallest absolute Gasteiger partial charge is 0.0900 e. The van der Waals surface area contributed by atoms with Crippen molar-refractivity contribution in [2.75, 3.05) is 47.1 Å². The fraction of sp³-hybridized carbons (Fsp3) is 1.00. The Kier molecular flexibility index (Phi) is 11.2. The zero-order chi connectivity index (χ0) is 12.2. The van der Waals surface area contributed by atoms with Gasteiger partial charge in [-0.15, -0.1) is 0 Å². The Morgan fingerprint density at radius 1 is 1.25 bits per heavy atom. The van der Waals surface area contributed by atoms with Crippen molar-refractivity contribution in [2.24, 2.45) is 0 Å². The zero-order valence-electron chi connectivity index (χ0n) is 10.9. The van der Waals surface area contributed by atoms with Gasteiger partial charge >= 0.3 is 0 Å².